The third-order valence-corrected chi connectivity index (χ3v) is 7.85. The molecule has 3 aliphatic heterocycles. The number of nitrogens with two attached hydrogens (primary N) is 1. The number of alkyl halides is 3. The van der Waals surface area contributed by atoms with E-state index in [4.69, 9.17) is 20.4 Å². The number of likely N-dealkylation sites (tertiary alicyclic amines) is 2. The summed E-state index contributed by atoms with van der Waals surface area (Å²) in [5.74, 6) is -1.25. The molecule has 0 saturated carbocycles. The lowest BCUT2D eigenvalue weighted by Crippen LogP contribution is -2.48. The highest BCUT2D eigenvalue weighted by Crippen LogP contribution is 2.42. The lowest BCUT2D eigenvalue weighted by molar-refractivity contribution is -0.192. The maximum atomic E-state index is 12.9. The van der Waals surface area contributed by atoms with Gasteiger partial charge in [0.15, 0.2) is 0 Å². The third-order valence-electron chi connectivity index (χ3n) is 7.85. The van der Waals surface area contributed by atoms with E-state index in [0.29, 0.717) is 16.8 Å². The number of halogens is 3. The summed E-state index contributed by atoms with van der Waals surface area (Å²) in [6.07, 6.45) is 5.38. The fraction of sp³-hybridized carbons (Fsp3) is 0.483. The van der Waals surface area contributed by atoms with Gasteiger partial charge in [0.25, 0.3) is 5.91 Å². The Balaban J connectivity index is 0.000000470. The average molecular weight is 561 g/mol. The van der Waals surface area contributed by atoms with Gasteiger partial charge in [0.2, 0.25) is 0 Å². The minimum Gasteiger partial charge on any atom is -0.483 e. The number of pyridine rings is 1. The van der Waals surface area contributed by atoms with Crippen LogP contribution in [-0.2, 0) is 11.3 Å². The first kappa shape index (κ1) is 29.4. The van der Waals surface area contributed by atoms with E-state index >= 15 is 0 Å². The molecule has 0 aliphatic carbocycles. The van der Waals surface area contributed by atoms with Crippen molar-refractivity contribution in [1.82, 2.24) is 14.8 Å². The van der Waals surface area contributed by atoms with Crippen molar-refractivity contribution >= 4 is 23.8 Å². The monoisotopic (exact) mass is 560 g/mol. The highest BCUT2D eigenvalue weighted by atomic mass is 19.4. The van der Waals surface area contributed by atoms with E-state index in [-0.39, 0.29) is 11.5 Å². The van der Waals surface area contributed by atoms with Crippen molar-refractivity contribution in [2.24, 2.45) is 5.41 Å². The number of aliphatic carboxylic acids is 1. The molecule has 216 valence electrons. The van der Waals surface area contributed by atoms with Gasteiger partial charge in [0.05, 0.1) is 0 Å². The van der Waals surface area contributed by atoms with Crippen LogP contribution >= 0.6 is 0 Å². The number of hydrogen-bond donors (Lipinski definition) is 2. The average Bonchev–Trinajstić information content (AvgIpc) is 2.90. The van der Waals surface area contributed by atoms with Crippen molar-refractivity contribution in [3.63, 3.8) is 0 Å². The second-order valence-electron chi connectivity index (χ2n) is 11.2. The van der Waals surface area contributed by atoms with E-state index in [9.17, 15) is 18.0 Å². The van der Waals surface area contributed by atoms with Crippen LogP contribution in [0.25, 0.3) is 6.08 Å². The molecule has 8 nitrogen and oxygen atoms in total. The molecule has 3 aliphatic rings. The van der Waals surface area contributed by atoms with Gasteiger partial charge in [0, 0.05) is 42.5 Å². The maximum absolute atomic E-state index is 12.9. The minimum absolute atomic E-state index is 0.0715. The van der Waals surface area contributed by atoms with E-state index in [0.717, 1.165) is 51.3 Å². The largest absolute Gasteiger partial charge is 0.490 e. The Hall–Kier alpha value is -3.60. The molecule has 1 aromatic heterocycles. The van der Waals surface area contributed by atoms with Gasteiger partial charge in [0.1, 0.15) is 17.2 Å². The number of benzene rings is 1. The van der Waals surface area contributed by atoms with Crippen LogP contribution in [-0.4, -0.2) is 69.7 Å². The zero-order chi connectivity index (χ0) is 29.1. The second-order valence-corrected chi connectivity index (χ2v) is 11.2. The standard InChI is InChI=1S/C27H34N4O2.C2HF3O2/c1-26(2)8-6-20-4-3-5-22(24(20)33-26)19-30-14-9-27(10-15-30)11-16-31(17-12-27)25(32)21-7-13-29-23(28)18-21;3-2(4,5)1(6)7/h3-8,13,18H,9-12,14-17,19H2,1-2H3,(H2,28,29);(H,6,7). The molecule has 1 spiro atoms. The van der Waals surface area contributed by atoms with Gasteiger partial charge in [-0.05, 0) is 76.2 Å². The van der Waals surface area contributed by atoms with E-state index in [1.54, 1.807) is 18.3 Å². The number of hydrogen-bond acceptors (Lipinski definition) is 6. The first-order valence-electron chi connectivity index (χ1n) is 13.3. The van der Waals surface area contributed by atoms with Crippen molar-refractivity contribution in [3.8, 4) is 5.75 Å². The Labute approximate surface area is 231 Å². The first-order valence-corrected chi connectivity index (χ1v) is 13.3. The van der Waals surface area contributed by atoms with Crippen LogP contribution in [0.2, 0.25) is 0 Å². The van der Waals surface area contributed by atoms with Gasteiger partial charge in [-0.15, -0.1) is 0 Å². The number of carbonyl (C=O) groups excluding carboxylic acids is 1. The molecule has 4 heterocycles. The molecule has 3 N–H and O–H groups in total. The molecule has 2 saturated heterocycles. The Morgan fingerprint density at radius 3 is 2.30 bits per heavy atom. The van der Waals surface area contributed by atoms with Crippen LogP contribution in [0.5, 0.6) is 5.75 Å². The molecule has 2 aromatic rings. The summed E-state index contributed by atoms with van der Waals surface area (Å²) in [5, 5.41) is 7.12. The number of carboxylic acid groups (broad SMARTS) is 1. The Kier molecular flexibility index (Phi) is 8.44. The first-order chi connectivity index (χ1) is 18.8. The normalized spacial score (nSPS) is 19.7. The molecule has 40 heavy (non-hydrogen) atoms. The molecule has 0 atom stereocenters. The summed E-state index contributed by atoms with van der Waals surface area (Å²) in [5.41, 5.74) is 8.95. The molecule has 11 heteroatoms. The predicted molar refractivity (Wildman–Crippen MR) is 145 cm³/mol. The van der Waals surface area contributed by atoms with Crippen LogP contribution < -0.4 is 10.5 Å². The Morgan fingerprint density at radius 1 is 1.07 bits per heavy atom. The highest BCUT2D eigenvalue weighted by molar-refractivity contribution is 5.94. The maximum Gasteiger partial charge on any atom is 0.490 e. The van der Waals surface area contributed by atoms with Crippen LogP contribution in [0.15, 0.2) is 42.6 Å². The number of anilines is 1. The van der Waals surface area contributed by atoms with Gasteiger partial charge in [-0.1, -0.05) is 24.3 Å². The number of nitrogens with zero attached hydrogens (tertiary/aromatic N) is 3. The highest BCUT2D eigenvalue weighted by Gasteiger charge is 2.39. The zero-order valence-electron chi connectivity index (χ0n) is 22.7. The fourth-order valence-corrected chi connectivity index (χ4v) is 5.45. The van der Waals surface area contributed by atoms with Gasteiger partial charge >= 0.3 is 12.1 Å². The van der Waals surface area contributed by atoms with Crippen molar-refractivity contribution in [2.45, 2.75) is 57.9 Å². The lowest BCUT2D eigenvalue weighted by Gasteiger charge is -2.47. The number of fused-ring (bicyclic) bond motifs is 1. The van der Waals surface area contributed by atoms with Gasteiger partial charge < -0.3 is 20.5 Å². The van der Waals surface area contributed by atoms with E-state index in [1.165, 1.54) is 24.0 Å². The van der Waals surface area contributed by atoms with Gasteiger partial charge in [-0.2, -0.15) is 13.2 Å². The molecule has 2 fully saturated rings. The summed E-state index contributed by atoms with van der Waals surface area (Å²) in [4.78, 5) is 30.3. The Morgan fingerprint density at radius 2 is 1.70 bits per heavy atom. The summed E-state index contributed by atoms with van der Waals surface area (Å²) in [7, 11) is 0. The topological polar surface area (TPSA) is 109 Å². The molecular weight excluding hydrogens is 525 g/mol. The number of rotatable bonds is 3. The number of amides is 1. The molecule has 0 unspecified atom stereocenters. The SMILES string of the molecule is CC1(C)C=Cc2cccc(CN3CCC4(CC3)CCN(C(=O)c3ccnc(N)c3)CC4)c2O1.O=C(O)C(F)(F)F. The quantitative estimate of drug-likeness (QED) is 0.544. The number of ether oxygens (including phenoxy) is 1. The number of nitrogen functional groups attached to an aromatic ring is 1. The molecule has 0 bridgehead atoms. The van der Waals surface area contributed by atoms with Crippen molar-refractivity contribution < 1.29 is 32.6 Å². The van der Waals surface area contributed by atoms with Crippen LogP contribution in [0.4, 0.5) is 19.0 Å². The molecule has 1 aromatic carbocycles. The smallest absolute Gasteiger partial charge is 0.483 e. The molecule has 0 radical (unpaired) electrons. The van der Waals surface area contributed by atoms with E-state index in [1.807, 2.05) is 4.90 Å². The zero-order valence-corrected chi connectivity index (χ0v) is 22.7. The summed E-state index contributed by atoms with van der Waals surface area (Å²) >= 11 is 0. The van der Waals surface area contributed by atoms with Crippen molar-refractivity contribution in [1.29, 1.82) is 0 Å². The molecular formula is C29H35F3N4O4. The third kappa shape index (κ3) is 7.12. The second kappa shape index (κ2) is 11.5. The summed E-state index contributed by atoms with van der Waals surface area (Å²) < 4.78 is 38.1. The van der Waals surface area contributed by atoms with Gasteiger partial charge in [-0.25, -0.2) is 9.78 Å². The van der Waals surface area contributed by atoms with Crippen LogP contribution in [0, 0.1) is 5.41 Å². The number of piperidine rings is 2. The van der Waals surface area contributed by atoms with Crippen LogP contribution in [0.3, 0.4) is 0 Å². The van der Waals surface area contributed by atoms with Crippen LogP contribution in [0.1, 0.15) is 61.0 Å². The van der Waals surface area contributed by atoms with Gasteiger partial charge in [-0.3, -0.25) is 9.69 Å². The number of carbonyl (C=O) groups is 2. The molecule has 5 rings (SSSR count). The van der Waals surface area contributed by atoms with Crippen molar-refractivity contribution in [2.75, 3.05) is 31.9 Å². The van der Waals surface area contributed by atoms with Crippen molar-refractivity contribution in [3.05, 3.63) is 59.3 Å². The summed E-state index contributed by atoms with van der Waals surface area (Å²) in [6.45, 7) is 8.97. The lowest BCUT2D eigenvalue weighted by atomic mass is 9.71. The number of aromatic nitrogens is 1. The van der Waals surface area contributed by atoms with E-state index in [2.05, 4.69) is 54.1 Å². The molecule has 1 amide bonds. The number of para-hydroxylation sites is 1. The minimum atomic E-state index is -5.08. The number of carboxylic acids is 1. The Bertz CT molecular complexity index is 1260. The predicted octanol–water partition coefficient (Wildman–Crippen LogP) is 5.00. The van der Waals surface area contributed by atoms with E-state index < -0.39 is 12.1 Å². The summed E-state index contributed by atoms with van der Waals surface area (Å²) in [6, 6.07) is 9.90. The fourth-order valence-electron chi connectivity index (χ4n) is 5.45.